The molecule has 0 spiro atoms. The molecule has 122 valence electrons. The van der Waals surface area contributed by atoms with E-state index in [1.54, 1.807) is 43.5 Å². The Morgan fingerprint density at radius 1 is 1.35 bits per heavy atom. The molecule has 0 radical (unpaired) electrons. The zero-order chi connectivity index (χ0) is 16.7. The molecule has 0 fully saturated rings. The van der Waals surface area contributed by atoms with Gasteiger partial charge in [0.2, 0.25) is 0 Å². The zero-order valence-electron chi connectivity index (χ0n) is 12.7. The molecule has 1 N–H and O–H groups in total. The quantitative estimate of drug-likeness (QED) is 0.784. The topological polar surface area (TPSA) is 73.2 Å². The summed E-state index contributed by atoms with van der Waals surface area (Å²) >= 11 is 5.99. The number of para-hydroxylation sites is 1. The number of carbonyl (C=O) groups excluding carboxylic acids is 1. The summed E-state index contributed by atoms with van der Waals surface area (Å²) in [5.41, 5.74) is -0.158. The Morgan fingerprint density at radius 3 is 2.87 bits per heavy atom. The van der Waals surface area contributed by atoms with Gasteiger partial charge in [-0.3, -0.25) is 9.59 Å². The summed E-state index contributed by atoms with van der Waals surface area (Å²) in [6, 6.07) is 10.0. The first-order valence-electron chi connectivity index (χ1n) is 7.29. The van der Waals surface area contributed by atoms with Crippen LogP contribution in [-0.4, -0.2) is 28.3 Å². The fourth-order valence-electron chi connectivity index (χ4n) is 1.92. The predicted octanol–water partition coefficient (Wildman–Crippen LogP) is 1.87. The van der Waals surface area contributed by atoms with E-state index >= 15 is 0 Å². The normalized spacial score (nSPS) is 11.7. The lowest BCUT2D eigenvalue weighted by molar-refractivity contribution is -0.127. The van der Waals surface area contributed by atoms with E-state index in [2.05, 4.69) is 10.4 Å². The molecule has 1 unspecified atom stereocenters. The number of aromatic nitrogens is 2. The number of halogens is 1. The van der Waals surface area contributed by atoms with E-state index in [0.717, 1.165) is 0 Å². The molecule has 1 heterocycles. The molecule has 0 aliphatic rings. The monoisotopic (exact) mass is 335 g/mol. The zero-order valence-corrected chi connectivity index (χ0v) is 13.5. The predicted molar refractivity (Wildman–Crippen MR) is 87.7 cm³/mol. The number of benzene rings is 1. The third-order valence-electron chi connectivity index (χ3n) is 3.14. The molecule has 1 aromatic carbocycles. The maximum absolute atomic E-state index is 12.0. The Bertz CT molecular complexity index is 717. The van der Waals surface area contributed by atoms with Gasteiger partial charge in [0.25, 0.3) is 11.5 Å². The number of nitrogens with zero attached hydrogens (tertiary/aromatic N) is 2. The minimum Gasteiger partial charge on any atom is -0.479 e. The molecule has 2 rings (SSSR count). The molecule has 0 aliphatic heterocycles. The first-order valence-corrected chi connectivity index (χ1v) is 7.67. The second-order valence-corrected chi connectivity index (χ2v) is 5.33. The van der Waals surface area contributed by atoms with Crippen molar-refractivity contribution in [3.05, 3.63) is 58.0 Å². The van der Waals surface area contributed by atoms with Crippen molar-refractivity contribution in [1.29, 1.82) is 0 Å². The third kappa shape index (κ3) is 5.10. The van der Waals surface area contributed by atoms with E-state index in [1.807, 2.05) is 0 Å². The van der Waals surface area contributed by atoms with Gasteiger partial charge in [0.1, 0.15) is 5.75 Å². The van der Waals surface area contributed by atoms with E-state index in [4.69, 9.17) is 16.3 Å². The van der Waals surface area contributed by atoms with Crippen LogP contribution in [0.15, 0.2) is 47.4 Å². The summed E-state index contributed by atoms with van der Waals surface area (Å²) in [5.74, 6) is 0.232. The Labute approximate surface area is 139 Å². The number of hydrogen-bond donors (Lipinski definition) is 1. The Balaban J connectivity index is 1.75. The standard InChI is InChI=1S/C16H18ClN3O3/c1-12(23-14-7-3-2-6-13(14)17)16(22)18-9-5-11-20-15(21)8-4-10-19-20/h2-4,6-8,10,12H,5,9,11H2,1H3,(H,18,22). The average molecular weight is 336 g/mol. The highest BCUT2D eigenvalue weighted by Gasteiger charge is 2.15. The van der Waals surface area contributed by atoms with Gasteiger partial charge in [-0.05, 0) is 31.5 Å². The van der Waals surface area contributed by atoms with Gasteiger partial charge in [-0.2, -0.15) is 5.10 Å². The molecule has 23 heavy (non-hydrogen) atoms. The summed E-state index contributed by atoms with van der Waals surface area (Å²) in [7, 11) is 0. The fraction of sp³-hybridized carbons (Fsp3) is 0.312. The molecule has 1 atom stereocenters. The van der Waals surface area contributed by atoms with Gasteiger partial charge in [0.15, 0.2) is 6.10 Å². The Morgan fingerprint density at radius 2 is 2.13 bits per heavy atom. The Kier molecular flexibility index (Phi) is 6.17. The second-order valence-electron chi connectivity index (χ2n) is 4.92. The number of rotatable bonds is 7. The van der Waals surface area contributed by atoms with Crippen molar-refractivity contribution in [2.75, 3.05) is 6.54 Å². The number of amides is 1. The van der Waals surface area contributed by atoms with Gasteiger partial charge in [0, 0.05) is 25.4 Å². The number of carbonyl (C=O) groups is 1. The van der Waals surface area contributed by atoms with Crippen LogP contribution in [0.2, 0.25) is 5.02 Å². The molecule has 1 aromatic heterocycles. The summed E-state index contributed by atoms with van der Waals surface area (Å²) in [5, 5.41) is 7.17. The molecule has 7 heteroatoms. The second kappa shape index (κ2) is 8.33. The highest BCUT2D eigenvalue weighted by Crippen LogP contribution is 2.24. The van der Waals surface area contributed by atoms with E-state index in [0.29, 0.717) is 30.3 Å². The van der Waals surface area contributed by atoms with E-state index in [-0.39, 0.29) is 11.5 Å². The van der Waals surface area contributed by atoms with Crippen molar-refractivity contribution in [3.63, 3.8) is 0 Å². The minimum atomic E-state index is -0.660. The van der Waals surface area contributed by atoms with Gasteiger partial charge in [-0.15, -0.1) is 0 Å². The number of nitrogens with one attached hydrogen (secondary N) is 1. The molecule has 6 nitrogen and oxygen atoms in total. The molecule has 0 aliphatic carbocycles. The SMILES string of the molecule is CC(Oc1ccccc1Cl)C(=O)NCCCn1ncccc1=O. The lowest BCUT2D eigenvalue weighted by Gasteiger charge is -2.15. The summed E-state index contributed by atoms with van der Waals surface area (Å²) in [6.07, 6.45) is 1.49. The third-order valence-corrected chi connectivity index (χ3v) is 3.45. The van der Waals surface area contributed by atoms with Crippen LogP contribution in [0.1, 0.15) is 13.3 Å². The van der Waals surface area contributed by atoms with Crippen LogP contribution in [0.3, 0.4) is 0 Å². The van der Waals surface area contributed by atoms with Crippen LogP contribution >= 0.6 is 11.6 Å². The molecule has 0 saturated carbocycles. The summed E-state index contributed by atoms with van der Waals surface area (Å²) < 4.78 is 6.89. The maximum Gasteiger partial charge on any atom is 0.266 e. The van der Waals surface area contributed by atoms with Crippen LogP contribution in [0, 0.1) is 0 Å². The first kappa shape index (κ1) is 17.0. The molecule has 2 aromatic rings. The molecule has 0 saturated heterocycles. The average Bonchev–Trinajstić information content (AvgIpc) is 2.55. The van der Waals surface area contributed by atoms with Crippen molar-refractivity contribution in [2.45, 2.75) is 26.0 Å². The smallest absolute Gasteiger partial charge is 0.266 e. The number of ether oxygens (including phenoxy) is 1. The van der Waals surface area contributed by atoms with Gasteiger partial charge in [-0.1, -0.05) is 23.7 Å². The number of aryl methyl sites for hydroxylation is 1. The van der Waals surface area contributed by atoms with E-state index in [1.165, 1.54) is 10.7 Å². The fourth-order valence-corrected chi connectivity index (χ4v) is 2.10. The van der Waals surface area contributed by atoms with Gasteiger partial charge in [0.05, 0.1) is 5.02 Å². The van der Waals surface area contributed by atoms with Crippen LogP contribution in [-0.2, 0) is 11.3 Å². The summed E-state index contributed by atoms with van der Waals surface area (Å²) in [4.78, 5) is 23.4. The minimum absolute atomic E-state index is 0.158. The maximum atomic E-state index is 12.0. The summed E-state index contributed by atoms with van der Waals surface area (Å²) in [6.45, 7) is 2.53. The van der Waals surface area contributed by atoms with Crippen molar-refractivity contribution in [3.8, 4) is 5.75 Å². The molecular formula is C16H18ClN3O3. The van der Waals surface area contributed by atoms with Crippen molar-refractivity contribution < 1.29 is 9.53 Å². The van der Waals surface area contributed by atoms with Crippen LogP contribution < -0.4 is 15.6 Å². The van der Waals surface area contributed by atoms with Crippen molar-refractivity contribution in [1.82, 2.24) is 15.1 Å². The van der Waals surface area contributed by atoms with Crippen LogP contribution in [0.4, 0.5) is 0 Å². The van der Waals surface area contributed by atoms with Crippen LogP contribution in [0.25, 0.3) is 0 Å². The van der Waals surface area contributed by atoms with Gasteiger partial charge >= 0.3 is 0 Å². The lowest BCUT2D eigenvalue weighted by atomic mass is 10.3. The largest absolute Gasteiger partial charge is 0.479 e. The van der Waals surface area contributed by atoms with Crippen molar-refractivity contribution in [2.24, 2.45) is 0 Å². The van der Waals surface area contributed by atoms with E-state index < -0.39 is 6.10 Å². The molecule has 1 amide bonds. The van der Waals surface area contributed by atoms with Gasteiger partial charge < -0.3 is 10.1 Å². The van der Waals surface area contributed by atoms with Crippen molar-refractivity contribution >= 4 is 17.5 Å². The lowest BCUT2D eigenvalue weighted by Crippen LogP contribution is -2.37. The van der Waals surface area contributed by atoms with E-state index in [9.17, 15) is 9.59 Å². The highest BCUT2D eigenvalue weighted by molar-refractivity contribution is 6.32. The molecule has 0 bridgehead atoms. The van der Waals surface area contributed by atoms with Gasteiger partial charge in [-0.25, -0.2) is 4.68 Å². The Hall–Kier alpha value is -2.34. The number of hydrogen-bond acceptors (Lipinski definition) is 4. The first-order chi connectivity index (χ1) is 11.1. The molecular weight excluding hydrogens is 318 g/mol. The van der Waals surface area contributed by atoms with Crippen LogP contribution in [0.5, 0.6) is 5.75 Å². The highest BCUT2D eigenvalue weighted by atomic mass is 35.5.